The van der Waals surface area contributed by atoms with Crippen molar-refractivity contribution in [2.75, 3.05) is 6.54 Å². The summed E-state index contributed by atoms with van der Waals surface area (Å²) in [6.07, 6.45) is 2.03. The monoisotopic (exact) mass is 296 g/mol. The first-order chi connectivity index (χ1) is 9.95. The Morgan fingerprint density at radius 2 is 2.10 bits per heavy atom. The molecule has 0 radical (unpaired) electrons. The van der Waals surface area contributed by atoms with Gasteiger partial charge in [-0.3, -0.25) is 9.59 Å². The molecule has 0 spiro atoms. The van der Waals surface area contributed by atoms with Gasteiger partial charge >= 0.3 is 5.97 Å². The number of amides is 2. The van der Waals surface area contributed by atoms with Crippen LogP contribution in [0.3, 0.4) is 0 Å². The minimum absolute atomic E-state index is 0.00661. The SMILES string of the molecule is CC[C@H](C)[C@H](NC(=O)CCNC(=O)c1ccco1)C(=O)O. The Morgan fingerprint density at radius 1 is 1.38 bits per heavy atom. The molecule has 0 aromatic carbocycles. The number of carboxylic acid groups (broad SMARTS) is 1. The van der Waals surface area contributed by atoms with E-state index in [1.54, 1.807) is 13.0 Å². The molecule has 0 unspecified atom stereocenters. The first-order valence-electron chi connectivity index (χ1n) is 6.79. The van der Waals surface area contributed by atoms with E-state index in [0.29, 0.717) is 6.42 Å². The van der Waals surface area contributed by atoms with Crippen LogP contribution in [0.25, 0.3) is 0 Å². The van der Waals surface area contributed by atoms with Gasteiger partial charge in [0, 0.05) is 13.0 Å². The molecule has 0 saturated heterocycles. The van der Waals surface area contributed by atoms with Crippen LogP contribution in [0.1, 0.15) is 37.2 Å². The molecule has 0 bridgehead atoms. The van der Waals surface area contributed by atoms with E-state index < -0.39 is 23.8 Å². The summed E-state index contributed by atoms with van der Waals surface area (Å²) >= 11 is 0. The van der Waals surface area contributed by atoms with Crippen LogP contribution in [0.15, 0.2) is 22.8 Å². The number of carboxylic acids is 1. The van der Waals surface area contributed by atoms with E-state index in [2.05, 4.69) is 10.6 Å². The maximum Gasteiger partial charge on any atom is 0.326 e. The summed E-state index contributed by atoms with van der Waals surface area (Å²) in [6.45, 7) is 3.73. The number of carbonyl (C=O) groups excluding carboxylic acids is 2. The molecule has 0 fully saturated rings. The van der Waals surface area contributed by atoms with Crippen LogP contribution < -0.4 is 10.6 Å². The number of aliphatic carboxylic acids is 1. The lowest BCUT2D eigenvalue weighted by Crippen LogP contribution is -2.45. The third kappa shape index (κ3) is 5.29. The van der Waals surface area contributed by atoms with Crippen molar-refractivity contribution in [3.63, 3.8) is 0 Å². The standard InChI is InChI=1S/C14H20N2O5/c1-3-9(2)12(14(19)20)16-11(17)6-7-15-13(18)10-5-4-8-21-10/h4-5,8-9,12H,3,6-7H2,1-2H3,(H,15,18)(H,16,17)(H,19,20)/t9-,12-/m0/s1. The smallest absolute Gasteiger partial charge is 0.326 e. The quantitative estimate of drug-likeness (QED) is 0.663. The molecule has 1 heterocycles. The van der Waals surface area contributed by atoms with Crippen molar-refractivity contribution in [3.05, 3.63) is 24.2 Å². The van der Waals surface area contributed by atoms with Gasteiger partial charge in [0.05, 0.1) is 6.26 Å². The summed E-state index contributed by atoms with van der Waals surface area (Å²) in [6, 6.07) is 2.19. The van der Waals surface area contributed by atoms with E-state index in [1.807, 2.05) is 6.92 Å². The van der Waals surface area contributed by atoms with Crippen molar-refractivity contribution in [1.82, 2.24) is 10.6 Å². The van der Waals surface area contributed by atoms with Crippen LogP contribution >= 0.6 is 0 Å². The molecule has 1 aromatic rings. The van der Waals surface area contributed by atoms with Gasteiger partial charge in [-0.1, -0.05) is 20.3 Å². The van der Waals surface area contributed by atoms with Gasteiger partial charge in [-0.15, -0.1) is 0 Å². The Balaban J connectivity index is 2.36. The summed E-state index contributed by atoms with van der Waals surface area (Å²) in [5.41, 5.74) is 0. The molecule has 0 aliphatic rings. The Hall–Kier alpha value is -2.31. The Morgan fingerprint density at radius 3 is 2.62 bits per heavy atom. The van der Waals surface area contributed by atoms with E-state index in [1.165, 1.54) is 12.3 Å². The summed E-state index contributed by atoms with van der Waals surface area (Å²) < 4.78 is 4.90. The normalized spacial score (nSPS) is 13.2. The molecule has 2 amide bonds. The molecule has 0 saturated carbocycles. The molecule has 2 atom stereocenters. The van der Waals surface area contributed by atoms with Crippen LogP contribution in [-0.4, -0.2) is 35.5 Å². The maximum absolute atomic E-state index is 11.7. The molecular weight excluding hydrogens is 276 g/mol. The van der Waals surface area contributed by atoms with Crippen LogP contribution in [0.4, 0.5) is 0 Å². The zero-order valence-corrected chi connectivity index (χ0v) is 12.1. The first-order valence-corrected chi connectivity index (χ1v) is 6.79. The zero-order valence-electron chi connectivity index (χ0n) is 12.1. The number of nitrogens with one attached hydrogen (secondary N) is 2. The Labute approximate surface area is 122 Å². The van der Waals surface area contributed by atoms with Gasteiger partial charge in [0.2, 0.25) is 5.91 Å². The van der Waals surface area contributed by atoms with Gasteiger partial charge in [0.25, 0.3) is 5.91 Å². The highest BCUT2D eigenvalue weighted by molar-refractivity contribution is 5.91. The highest BCUT2D eigenvalue weighted by Crippen LogP contribution is 2.08. The molecular formula is C14H20N2O5. The second-order valence-corrected chi connectivity index (χ2v) is 4.75. The van der Waals surface area contributed by atoms with E-state index >= 15 is 0 Å². The summed E-state index contributed by atoms with van der Waals surface area (Å²) in [4.78, 5) is 34.3. The van der Waals surface area contributed by atoms with Crippen molar-refractivity contribution in [1.29, 1.82) is 0 Å². The van der Waals surface area contributed by atoms with Gasteiger partial charge in [-0.2, -0.15) is 0 Å². The van der Waals surface area contributed by atoms with Crippen molar-refractivity contribution in [2.45, 2.75) is 32.7 Å². The van der Waals surface area contributed by atoms with Crippen LogP contribution in [0, 0.1) is 5.92 Å². The van der Waals surface area contributed by atoms with Gasteiger partial charge < -0.3 is 20.2 Å². The molecule has 116 valence electrons. The fourth-order valence-corrected chi connectivity index (χ4v) is 1.71. The zero-order chi connectivity index (χ0) is 15.8. The van der Waals surface area contributed by atoms with Crippen molar-refractivity contribution >= 4 is 17.8 Å². The van der Waals surface area contributed by atoms with Crippen LogP contribution in [0.5, 0.6) is 0 Å². The van der Waals surface area contributed by atoms with Gasteiger partial charge in [-0.05, 0) is 18.1 Å². The lowest BCUT2D eigenvalue weighted by molar-refractivity contribution is -0.143. The average Bonchev–Trinajstić information content (AvgIpc) is 2.97. The first kappa shape index (κ1) is 16.7. The van der Waals surface area contributed by atoms with Gasteiger partial charge in [0.15, 0.2) is 5.76 Å². The Kier molecular flexibility index (Phi) is 6.45. The minimum Gasteiger partial charge on any atom is -0.480 e. The lowest BCUT2D eigenvalue weighted by atomic mass is 9.99. The van der Waals surface area contributed by atoms with Crippen molar-refractivity contribution in [3.8, 4) is 0 Å². The van der Waals surface area contributed by atoms with Gasteiger partial charge in [-0.25, -0.2) is 4.79 Å². The lowest BCUT2D eigenvalue weighted by Gasteiger charge is -2.20. The molecule has 1 aromatic heterocycles. The number of furan rings is 1. The van der Waals surface area contributed by atoms with Crippen molar-refractivity contribution in [2.24, 2.45) is 5.92 Å². The second-order valence-electron chi connectivity index (χ2n) is 4.75. The summed E-state index contributed by atoms with van der Waals surface area (Å²) in [7, 11) is 0. The largest absolute Gasteiger partial charge is 0.480 e. The highest BCUT2D eigenvalue weighted by Gasteiger charge is 2.25. The van der Waals surface area contributed by atoms with E-state index in [9.17, 15) is 14.4 Å². The maximum atomic E-state index is 11.7. The van der Waals surface area contributed by atoms with E-state index in [0.717, 1.165) is 0 Å². The molecule has 7 heteroatoms. The number of hydrogen-bond donors (Lipinski definition) is 3. The topological polar surface area (TPSA) is 109 Å². The molecule has 7 nitrogen and oxygen atoms in total. The Bertz CT molecular complexity index is 484. The average molecular weight is 296 g/mol. The van der Waals surface area contributed by atoms with E-state index in [4.69, 9.17) is 9.52 Å². The molecule has 0 aliphatic heterocycles. The third-order valence-electron chi connectivity index (χ3n) is 3.18. The number of rotatable bonds is 8. The molecule has 0 aliphatic carbocycles. The highest BCUT2D eigenvalue weighted by atomic mass is 16.4. The number of hydrogen-bond acceptors (Lipinski definition) is 4. The molecule has 21 heavy (non-hydrogen) atoms. The minimum atomic E-state index is -1.06. The summed E-state index contributed by atoms with van der Waals surface area (Å²) in [5, 5.41) is 14.0. The predicted molar refractivity (Wildman–Crippen MR) is 74.7 cm³/mol. The fourth-order valence-electron chi connectivity index (χ4n) is 1.71. The second kappa shape index (κ2) is 8.08. The van der Waals surface area contributed by atoms with Crippen LogP contribution in [0.2, 0.25) is 0 Å². The fraction of sp³-hybridized carbons (Fsp3) is 0.500. The van der Waals surface area contributed by atoms with Gasteiger partial charge in [0.1, 0.15) is 6.04 Å². The third-order valence-corrected chi connectivity index (χ3v) is 3.18. The van der Waals surface area contributed by atoms with E-state index in [-0.39, 0.29) is 24.6 Å². The summed E-state index contributed by atoms with van der Waals surface area (Å²) in [5.74, 6) is -1.88. The number of carbonyl (C=O) groups is 3. The molecule has 1 rings (SSSR count). The predicted octanol–water partition coefficient (Wildman–Crippen LogP) is 1.01. The van der Waals surface area contributed by atoms with Crippen LogP contribution in [-0.2, 0) is 9.59 Å². The molecule has 3 N–H and O–H groups in total. The van der Waals surface area contributed by atoms with Crippen molar-refractivity contribution < 1.29 is 23.9 Å².